The molecule has 2 fully saturated rings. The van der Waals surface area contributed by atoms with E-state index in [4.69, 9.17) is 19.2 Å². The number of amides is 5. The van der Waals surface area contributed by atoms with Gasteiger partial charge in [0.15, 0.2) is 18.1 Å². The fraction of sp³-hybridized carbons (Fsp3) is 0.475. The second kappa shape index (κ2) is 19.2. The third kappa shape index (κ3) is 10.1. The smallest absolute Gasteiger partial charge is 0.266 e. The molecule has 2 saturated heterocycles. The molecule has 4 N–H and O–H groups in total. The molecular weight excluding hydrogens is 720 g/mol. The van der Waals surface area contributed by atoms with E-state index in [1.165, 1.54) is 38.1 Å². The maximum Gasteiger partial charge on any atom is 0.266 e. The molecule has 3 aromatic rings. The molecule has 0 spiro atoms. The third-order valence-electron chi connectivity index (χ3n) is 10.0. The monoisotopic (exact) mass is 770 g/mol. The van der Waals surface area contributed by atoms with Crippen LogP contribution in [0.25, 0.3) is 0 Å². The number of anilines is 3. The maximum absolute atomic E-state index is 13.2. The van der Waals surface area contributed by atoms with Crippen LogP contribution < -0.4 is 35.5 Å². The van der Waals surface area contributed by atoms with Crippen molar-refractivity contribution in [2.45, 2.75) is 70.3 Å². The number of carbonyl (C=O) groups excluding carboxylic acids is 5. The van der Waals surface area contributed by atoms with Crippen molar-refractivity contribution < 1.29 is 38.2 Å². The van der Waals surface area contributed by atoms with Crippen molar-refractivity contribution >= 4 is 47.0 Å². The average molecular weight is 771 g/mol. The van der Waals surface area contributed by atoms with E-state index in [9.17, 15) is 24.0 Å². The van der Waals surface area contributed by atoms with Crippen molar-refractivity contribution in [3.63, 3.8) is 0 Å². The van der Waals surface area contributed by atoms with Gasteiger partial charge < -0.3 is 35.1 Å². The molecule has 1 unspecified atom stereocenters. The maximum atomic E-state index is 13.2. The topological polar surface area (TPSA) is 193 Å². The number of hydrogen-bond donors (Lipinski definition) is 4. The summed E-state index contributed by atoms with van der Waals surface area (Å²) in [7, 11) is 3.45. The molecule has 5 amide bonds. The average Bonchev–Trinajstić information content (AvgIpc) is 3.81. The summed E-state index contributed by atoms with van der Waals surface area (Å²) < 4.78 is 17.3. The van der Waals surface area contributed by atoms with Crippen molar-refractivity contribution in [2.24, 2.45) is 0 Å². The van der Waals surface area contributed by atoms with Crippen LogP contribution in [0.4, 0.5) is 17.5 Å². The number of nitrogens with zero attached hydrogens (tertiary/aromatic N) is 4. The van der Waals surface area contributed by atoms with Crippen molar-refractivity contribution in [1.82, 2.24) is 30.4 Å². The minimum absolute atomic E-state index is 0.00168. The number of carbonyl (C=O) groups is 5. The van der Waals surface area contributed by atoms with Gasteiger partial charge in [-0.2, -0.15) is 4.98 Å². The highest BCUT2D eigenvalue weighted by molar-refractivity contribution is 6.24. The Morgan fingerprint density at radius 3 is 2.52 bits per heavy atom. The first-order chi connectivity index (χ1) is 27.2. The van der Waals surface area contributed by atoms with Gasteiger partial charge in [0.05, 0.1) is 24.8 Å². The van der Waals surface area contributed by atoms with Gasteiger partial charge in [-0.05, 0) is 82.3 Å². The lowest BCUT2D eigenvalue weighted by Gasteiger charge is -2.27. The number of methoxy groups -OCH3 is 1. The van der Waals surface area contributed by atoms with Gasteiger partial charge in [0.2, 0.25) is 17.8 Å². The van der Waals surface area contributed by atoms with Gasteiger partial charge in [-0.3, -0.25) is 34.2 Å². The normalized spacial score (nSPS) is 16.8. The van der Waals surface area contributed by atoms with Crippen LogP contribution in [0.3, 0.4) is 0 Å². The summed E-state index contributed by atoms with van der Waals surface area (Å²) in [5.41, 5.74) is 1.78. The highest BCUT2D eigenvalue weighted by atomic mass is 16.5. The van der Waals surface area contributed by atoms with Gasteiger partial charge in [-0.15, -0.1) is 0 Å². The number of nitrogens with one attached hydrogen (secondary N) is 4. The van der Waals surface area contributed by atoms with Crippen molar-refractivity contribution in [1.29, 1.82) is 0 Å². The predicted octanol–water partition coefficient (Wildman–Crippen LogP) is 3.83. The lowest BCUT2D eigenvalue weighted by molar-refractivity contribution is -0.136. The number of aromatic nitrogens is 2. The highest BCUT2D eigenvalue weighted by Gasteiger charge is 2.46. The zero-order valence-electron chi connectivity index (χ0n) is 32.0. The van der Waals surface area contributed by atoms with Crippen LogP contribution in [0.1, 0.15) is 84.2 Å². The Morgan fingerprint density at radius 1 is 0.911 bits per heavy atom. The van der Waals surface area contributed by atoms with Crippen molar-refractivity contribution in [2.75, 3.05) is 64.2 Å². The molecule has 4 heterocycles. The lowest BCUT2D eigenvalue weighted by atomic mass is 10.0. The molecule has 298 valence electrons. The van der Waals surface area contributed by atoms with Gasteiger partial charge in [-0.1, -0.05) is 18.9 Å². The number of likely N-dealkylation sites (tertiary alicyclic amines) is 1. The Hall–Kier alpha value is -5.77. The van der Waals surface area contributed by atoms with E-state index < -0.39 is 29.7 Å². The Balaban J connectivity index is 0.910. The SMILES string of the molecule is CNc1cc(CCCCCCNC(=O)COc2cccc3c2C(=O)N(C2CCC(=O)NC2=O)C3=O)nc(Nc2ccc(OC)c(OCCCN3CCCC3)c2)n1. The molecule has 3 aliphatic rings. The van der Waals surface area contributed by atoms with E-state index in [0.29, 0.717) is 36.4 Å². The Kier molecular flexibility index (Phi) is 13.7. The van der Waals surface area contributed by atoms with E-state index >= 15 is 0 Å². The fourth-order valence-corrected chi connectivity index (χ4v) is 7.09. The summed E-state index contributed by atoms with van der Waals surface area (Å²) in [6.07, 6.45) is 7.81. The quantitative estimate of drug-likeness (QED) is 0.0958. The third-order valence-corrected chi connectivity index (χ3v) is 10.0. The van der Waals surface area contributed by atoms with E-state index in [1.807, 2.05) is 31.3 Å². The van der Waals surface area contributed by atoms with E-state index in [0.717, 1.165) is 61.4 Å². The van der Waals surface area contributed by atoms with E-state index in [-0.39, 0.29) is 42.2 Å². The summed E-state index contributed by atoms with van der Waals surface area (Å²) >= 11 is 0. The van der Waals surface area contributed by atoms with Gasteiger partial charge in [0.1, 0.15) is 17.6 Å². The zero-order chi connectivity index (χ0) is 39.4. The second-order valence-electron chi connectivity index (χ2n) is 14.0. The number of piperidine rings is 1. The number of imide groups is 2. The Bertz CT molecular complexity index is 1920. The summed E-state index contributed by atoms with van der Waals surface area (Å²) in [5.74, 6) is -0.239. The van der Waals surface area contributed by atoms with E-state index in [2.05, 4.69) is 31.2 Å². The van der Waals surface area contributed by atoms with Crippen LogP contribution in [-0.4, -0.2) is 109 Å². The van der Waals surface area contributed by atoms with Crippen LogP contribution in [-0.2, 0) is 20.8 Å². The number of aryl methyl sites for hydroxylation is 1. The van der Waals surface area contributed by atoms with E-state index in [1.54, 1.807) is 13.2 Å². The van der Waals surface area contributed by atoms with Crippen LogP contribution >= 0.6 is 0 Å². The summed E-state index contributed by atoms with van der Waals surface area (Å²) in [5, 5.41) is 11.4. The Labute approximate surface area is 326 Å². The van der Waals surface area contributed by atoms with Gasteiger partial charge in [-0.25, -0.2) is 4.98 Å². The van der Waals surface area contributed by atoms with Crippen LogP contribution in [0.15, 0.2) is 42.5 Å². The summed E-state index contributed by atoms with van der Waals surface area (Å²) in [4.78, 5) is 75.5. The minimum Gasteiger partial charge on any atom is -0.493 e. The first-order valence-corrected chi connectivity index (χ1v) is 19.3. The largest absolute Gasteiger partial charge is 0.493 e. The standard InChI is InChI=1S/C40H50N8O8/c1-41-33-24-26(43-40(45-33)44-27-14-16-30(54-2)32(23-27)55-22-10-21-47-19-7-8-20-47)11-5-3-4-6-18-42-35(50)25-56-31-13-9-12-28-36(31)39(53)48(38(28)52)29-15-17-34(49)46-37(29)51/h9,12-14,16,23-24,29H,3-8,10-11,15,17-22,25H2,1-2H3,(H,42,50)(H,46,49,51)(H2,41,43,44,45). The molecule has 2 aromatic carbocycles. The number of hydrogen-bond acceptors (Lipinski definition) is 13. The molecule has 3 aliphatic heterocycles. The Morgan fingerprint density at radius 2 is 1.73 bits per heavy atom. The molecule has 0 bridgehead atoms. The number of ether oxygens (including phenoxy) is 3. The number of rotatable bonds is 20. The fourth-order valence-electron chi connectivity index (χ4n) is 7.09. The molecule has 0 radical (unpaired) electrons. The van der Waals surface area contributed by atoms with Crippen molar-refractivity contribution in [3.05, 3.63) is 59.3 Å². The first-order valence-electron chi connectivity index (χ1n) is 19.3. The molecule has 56 heavy (non-hydrogen) atoms. The predicted molar refractivity (Wildman–Crippen MR) is 207 cm³/mol. The van der Waals surface area contributed by atoms with Gasteiger partial charge in [0.25, 0.3) is 17.7 Å². The highest BCUT2D eigenvalue weighted by Crippen LogP contribution is 2.34. The summed E-state index contributed by atoms with van der Waals surface area (Å²) in [6.45, 7) is 4.08. The van der Waals surface area contributed by atoms with Gasteiger partial charge in [0, 0.05) is 50.1 Å². The van der Waals surface area contributed by atoms with Crippen LogP contribution in [0.5, 0.6) is 17.2 Å². The summed E-state index contributed by atoms with van der Waals surface area (Å²) in [6, 6.07) is 11.1. The first kappa shape index (κ1) is 39.9. The minimum atomic E-state index is -1.09. The second-order valence-corrected chi connectivity index (χ2v) is 14.0. The molecule has 0 saturated carbocycles. The molecule has 0 aliphatic carbocycles. The van der Waals surface area contributed by atoms with Gasteiger partial charge >= 0.3 is 0 Å². The lowest BCUT2D eigenvalue weighted by Crippen LogP contribution is -2.54. The number of benzene rings is 2. The molecule has 6 rings (SSSR count). The number of fused-ring (bicyclic) bond motifs is 1. The number of unbranched alkanes of at least 4 members (excludes halogenated alkanes) is 3. The van der Waals surface area contributed by atoms with Crippen molar-refractivity contribution in [3.8, 4) is 17.2 Å². The molecule has 16 nitrogen and oxygen atoms in total. The molecule has 1 aromatic heterocycles. The molecular formula is C40H50N8O8. The molecule has 16 heteroatoms. The molecule has 1 atom stereocenters. The van der Waals surface area contributed by atoms with Crippen LogP contribution in [0, 0.1) is 0 Å². The van der Waals surface area contributed by atoms with Crippen LogP contribution in [0.2, 0.25) is 0 Å². The zero-order valence-corrected chi connectivity index (χ0v) is 32.0.